The summed E-state index contributed by atoms with van der Waals surface area (Å²) < 4.78 is 31.2. The van der Waals surface area contributed by atoms with Crippen LogP contribution in [0.4, 0.5) is 8.78 Å². The van der Waals surface area contributed by atoms with Gasteiger partial charge in [0, 0.05) is 40.5 Å². The average Bonchev–Trinajstić information content (AvgIpc) is 3.21. The van der Waals surface area contributed by atoms with Crippen LogP contribution in [0.15, 0.2) is 46.9 Å². The molecule has 11 heteroatoms. The smallest absolute Gasteiger partial charge is 0.264 e. The lowest BCUT2D eigenvalue weighted by atomic mass is 9.70. The first kappa shape index (κ1) is 27.8. The minimum absolute atomic E-state index is 0.0267. The minimum atomic E-state index is -3.20. The highest BCUT2D eigenvalue weighted by molar-refractivity contribution is 9.10. The molecule has 0 radical (unpaired) electrons. The van der Waals surface area contributed by atoms with E-state index in [0.717, 1.165) is 11.3 Å². The van der Waals surface area contributed by atoms with Crippen molar-refractivity contribution in [3.05, 3.63) is 58.1 Å². The molecule has 8 nitrogen and oxygen atoms in total. The number of rotatable bonds is 5. The second kappa shape index (κ2) is 10.2. The summed E-state index contributed by atoms with van der Waals surface area (Å²) >= 11 is 3.41. The maximum absolute atomic E-state index is 15.3. The number of piperidine rings is 3. The van der Waals surface area contributed by atoms with Crippen LogP contribution in [0, 0.1) is 23.2 Å². The fourth-order valence-electron chi connectivity index (χ4n) is 7.19. The van der Waals surface area contributed by atoms with Gasteiger partial charge < -0.3 is 20.6 Å². The number of halogens is 3. The highest BCUT2D eigenvalue weighted by Crippen LogP contribution is 2.54. The van der Waals surface area contributed by atoms with Crippen LogP contribution in [-0.4, -0.2) is 58.3 Å². The number of nitrogens with one attached hydrogen (secondary N) is 2. The van der Waals surface area contributed by atoms with Crippen molar-refractivity contribution in [1.29, 1.82) is 5.26 Å². The number of alkyl halides is 2. The third kappa shape index (κ3) is 4.43. The standard InChI is InChI=1S/C30H29BrF2N4O4/c31-17-7-9-21-20-5-1-2-6-22(20)30(41,24(21)13-17)28(40)37-19-8-10-23(29(32,33)14-19)25(37)27(39)36-18(15-34)12-16-4-3-11-35-26(16)38/h1-2,5-7,9,13,16,18-19,23,25,41H,3-4,8,10-12,14H2,(H,35,38)(H,36,39)/t16-,18+,19+,23+,25+,30-/m0/s1. The first-order valence-corrected chi connectivity index (χ1v) is 14.7. The van der Waals surface area contributed by atoms with Gasteiger partial charge >= 0.3 is 0 Å². The van der Waals surface area contributed by atoms with Crippen molar-refractivity contribution < 1.29 is 28.3 Å². The maximum Gasteiger partial charge on any atom is 0.264 e. The Morgan fingerprint density at radius 1 is 1.17 bits per heavy atom. The van der Waals surface area contributed by atoms with Crippen LogP contribution in [0.25, 0.3) is 11.1 Å². The van der Waals surface area contributed by atoms with Crippen molar-refractivity contribution >= 4 is 33.7 Å². The summed E-state index contributed by atoms with van der Waals surface area (Å²) in [6.07, 6.45) is 1.01. The van der Waals surface area contributed by atoms with E-state index >= 15 is 8.78 Å². The predicted molar refractivity (Wildman–Crippen MR) is 147 cm³/mol. The molecule has 3 amide bonds. The molecule has 3 aliphatic heterocycles. The molecule has 7 rings (SSSR count). The molecule has 4 fully saturated rings. The summed E-state index contributed by atoms with van der Waals surface area (Å²) in [6, 6.07) is 10.4. The molecule has 0 aromatic heterocycles. The van der Waals surface area contributed by atoms with Crippen LogP contribution < -0.4 is 10.6 Å². The van der Waals surface area contributed by atoms with Crippen LogP contribution in [0.5, 0.6) is 0 Å². The lowest BCUT2D eigenvalue weighted by Crippen LogP contribution is -2.70. The van der Waals surface area contributed by atoms with Gasteiger partial charge in [-0.3, -0.25) is 14.4 Å². The van der Waals surface area contributed by atoms with Crippen LogP contribution in [0.1, 0.15) is 49.7 Å². The number of benzene rings is 2. The Bertz CT molecular complexity index is 1480. The van der Waals surface area contributed by atoms with Crippen molar-refractivity contribution in [2.24, 2.45) is 11.8 Å². The first-order valence-electron chi connectivity index (χ1n) is 13.9. The number of aliphatic hydroxyl groups is 1. The van der Waals surface area contributed by atoms with Crippen molar-refractivity contribution in [3.63, 3.8) is 0 Å². The average molecular weight is 627 g/mol. The summed E-state index contributed by atoms with van der Waals surface area (Å²) in [4.78, 5) is 41.7. The Balaban J connectivity index is 1.36. The molecule has 0 spiro atoms. The molecule has 2 aliphatic carbocycles. The van der Waals surface area contributed by atoms with Gasteiger partial charge in [-0.1, -0.05) is 46.3 Å². The van der Waals surface area contributed by atoms with Crippen molar-refractivity contribution in [3.8, 4) is 17.2 Å². The topological polar surface area (TPSA) is 123 Å². The van der Waals surface area contributed by atoms with E-state index in [2.05, 4.69) is 26.6 Å². The quantitative estimate of drug-likeness (QED) is 0.468. The highest BCUT2D eigenvalue weighted by atomic mass is 79.9. The van der Waals surface area contributed by atoms with Gasteiger partial charge in [-0.15, -0.1) is 0 Å². The second-order valence-corrected chi connectivity index (χ2v) is 12.4. The molecule has 5 aliphatic rings. The summed E-state index contributed by atoms with van der Waals surface area (Å²) in [5, 5.41) is 27.3. The summed E-state index contributed by atoms with van der Waals surface area (Å²) in [5.41, 5.74) is -0.277. The van der Waals surface area contributed by atoms with Crippen molar-refractivity contribution in [2.75, 3.05) is 6.54 Å². The fraction of sp³-hybridized carbons (Fsp3) is 0.467. The first-order chi connectivity index (χ1) is 19.6. The van der Waals surface area contributed by atoms with E-state index in [4.69, 9.17) is 0 Å². The van der Waals surface area contributed by atoms with Gasteiger partial charge in [0.05, 0.1) is 12.0 Å². The Labute approximate surface area is 244 Å². The SMILES string of the molecule is N#C[C@@H](C[C@@H]1CCCNC1=O)NC(=O)[C@H]1[C@H]2CC[C@H](CC2(F)F)N1C(=O)[C@]1(O)c2ccccc2-c2ccc(Br)cc21. The Morgan fingerprint density at radius 3 is 2.66 bits per heavy atom. The van der Waals surface area contributed by atoms with Crippen LogP contribution in [0.2, 0.25) is 0 Å². The number of carbonyl (C=O) groups excluding carboxylic acids is 3. The van der Waals surface area contributed by atoms with Gasteiger partial charge in [-0.05, 0) is 55.4 Å². The van der Waals surface area contributed by atoms with Crippen LogP contribution >= 0.6 is 15.9 Å². The molecule has 3 N–H and O–H groups in total. The van der Waals surface area contributed by atoms with Gasteiger partial charge in [0.1, 0.15) is 12.1 Å². The fourth-order valence-corrected chi connectivity index (χ4v) is 7.55. The number of fused-ring (bicyclic) bond motifs is 6. The van der Waals surface area contributed by atoms with Crippen molar-refractivity contribution in [1.82, 2.24) is 15.5 Å². The predicted octanol–water partition coefficient (Wildman–Crippen LogP) is 3.60. The third-order valence-electron chi connectivity index (χ3n) is 9.12. The normalized spacial score (nSPS) is 30.0. The maximum atomic E-state index is 15.3. The summed E-state index contributed by atoms with van der Waals surface area (Å²) in [7, 11) is 0. The van der Waals surface area contributed by atoms with Gasteiger partial charge in [-0.25, -0.2) is 8.78 Å². The minimum Gasteiger partial charge on any atom is -0.372 e. The lowest BCUT2D eigenvalue weighted by Gasteiger charge is -2.54. The Morgan fingerprint density at radius 2 is 1.93 bits per heavy atom. The second-order valence-electron chi connectivity index (χ2n) is 11.5. The van der Waals surface area contributed by atoms with Crippen molar-refractivity contribution in [2.45, 2.75) is 68.2 Å². The Kier molecular flexibility index (Phi) is 6.90. The zero-order valence-electron chi connectivity index (χ0n) is 22.1. The van der Waals surface area contributed by atoms with Gasteiger partial charge in [0.15, 0.2) is 5.60 Å². The van der Waals surface area contributed by atoms with Crippen LogP contribution in [0.3, 0.4) is 0 Å². The van der Waals surface area contributed by atoms with Crippen LogP contribution in [-0.2, 0) is 20.0 Å². The van der Waals surface area contributed by atoms with E-state index in [1.54, 1.807) is 42.5 Å². The molecule has 6 atom stereocenters. The van der Waals surface area contributed by atoms with Gasteiger partial charge in [-0.2, -0.15) is 5.26 Å². The zero-order chi connectivity index (χ0) is 29.1. The largest absolute Gasteiger partial charge is 0.372 e. The monoisotopic (exact) mass is 626 g/mol. The molecule has 41 heavy (non-hydrogen) atoms. The molecule has 2 aromatic rings. The lowest BCUT2D eigenvalue weighted by molar-refractivity contribution is -0.201. The molecular weight excluding hydrogens is 598 g/mol. The molecule has 3 heterocycles. The van der Waals surface area contributed by atoms with E-state index in [1.807, 2.05) is 6.07 Å². The zero-order valence-corrected chi connectivity index (χ0v) is 23.7. The van der Waals surface area contributed by atoms with E-state index in [0.29, 0.717) is 39.7 Å². The van der Waals surface area contributed by atoms with E-state index in [1.165, 1.54) is 0 Å². The number of nitrogens with zero attached hydrogens (tertiary/aromatic N) is 2. The number of hydrogen-bond donors (Lipinski definition) is 3. The molecule has 2 bridgehead atoms. The number of amides is 3. The molecule has 1 saturated carbocycles. The summed E-state index contributed by atoms with van der Waals surface area (Å²) in [5.74, 6) is -7.09. The van der Waals surface area contributed by atoms with Gasteiger partial charge in [0.2, 0.25) is 11.8 Å². The third-order valence-corrected chi connectivity index (χ3v) is 9.61. The Hall–Kier alpha value is -3.36. The van der Waals surface area contributed by atoms with E-state index in [-0.39, 0.29) is 25.2 Å². The number of carbonyl (C=O) groups is 3. The number of hydrogen-bond acceptors (Lipinski definition) is 5. The highest BCUT2D eigenvalue weighted by Gasteiger charge is 2.63. The molecule has 0 unspecified atom stereocenters. The molecule has 2 aromatic carbocycles. The van der Waals surface area contributed by atoms with E-state index < -0.39 is 59.7 Å². The molecular formula is C30H29BrF2N4O4. The number of nitriles is 1. The molecule has 214 valence electrons. The molecule has 3 saturated heterocycles. The summed E-state index contributed by atoms with van der Waals surface area (Å²) in [6.45, 7) is 0.544. The van der Waals surface area contributed by atoms with Gasteiger partial charge in [0.25, 0.3) is 11.8 Å². The van der Waals surface area contributed by atoms with E-state index in [9.17, 15) is 24.8 Å².